The number of nitrogens with zero attached hydrogens (tertiary/aromatic N) is 1. The zero-order chi connectivity index (χ0) is 14.8. The molecule has 0 aliphatic heterocycles. The minimum Gasteiger partial charge on any atom is -0.481 e. The molecule has 1 saturated carbocycles. The van der Waals surface area contributed by atoms with Crippen LogP contribution in [0.2, 0.25) is 0 Å². The SMILES string of the molecule is Cc1ccc(C#N)cc1NC(=O)NCC1(C(=O)O)CC1. The molecule has 104 valence electrons. The van der Waals surface area contributed by atoms with Crippen molar-refractivity contribution in [3.63, 3.8) is 0 Å². The van der Waals surface area contributed by atoms with E-state index in [0.29, 0.717) is 24.1 Å². The Bertz CT molecular complexity index is 600. The Hall–Kier alpha value is -2.55. The van der Waals surface area contributed by atoms with E-state index >= 15 is 0 Å². The standard InChI is InChI=1S/C14H15N3O3/c1-9-2-3-10(7-15)6-11(9)17-13(20)16-8-14(4-5-14)12(18)19/h2-3,6H,4-5,8H2,1H3,(H,18,19)(H2,16,17,20). The highest BCUT2D eigenvalue weighted by Crippen LogP contribution is 2.45. The largest absolute Gasteiger partial charge is 0.481 e. The molecule has 6 nitrogen and oxygen atoms in total. The van der Waals surface area contributed by atoms with Crippen LogP contribution in [0.1, 0.15) is 24.0 Å². The maximum Gasteiger partial charge on any atom is 0.319 e. The molecule has 0 aromatic heterocycles. The topological polar surface area (TPSA) is 102 Å². The van der Waals surface area contributed by atoms with Crippen molar-refractivity contribution in [2.45, 2.75) is 19.8 Å². The molecule has 1 aliphatic carbocycles. The number of rotatable bonds is 4. The van der Waals surface area contributed by atoms with Crippen LogP contribution in [0.4, 0.5) is 10.5 Å². The van der Waals surface area contributed by atoms with Gasteiger partial charge in [0.1, 0.15) is 0 Å². The Balaban J connectivity index is 1.95. The van der Waals surface area contributed by atoms with Crippen molar-refractivity contribution >= 4 is 17.7 Å². The molecular formula is C14H15N3O3. The number of carboxylic acids is 1. The molecule has 0 saturated heterocycles. The van der Waals surface area contributed by atoms with Crippen LogP contribution in [0, 0.1) is 23.7 Å². The number of nitrogens with one attached hydrogen (secondary N) is 2. The molecule has 3 N–H and O–H groups in total. The molecule has 1 aromatic rings. The summed E-state index contributed by atoms with van der Waals surface area (Å²) < 4.78 is 0. The number of aryl methyl sites for hydroxylation is 1. The second-order valence-corrected chi connectivity index (χ2v) is 5.03. The van der Waals surface area contributed by atoms with E-state index in [1.54, 1.807) is 18.2 Å². The Morgan fingerprint density at radius 3 is 2.70 bits per heavy atom. The van der Waals surface area contributed by atoms with Crippen molar-refractivity contribution in [1.29, 1.82) is 5.26 Å². The zero-order valence-electron chi connectivity index (χ0n) is 11.1. The highest BCUT2D eigenvalue weighted by Gasteiger charge is 2.50. The number of carbonyl (C=O) groups excluding carboxylic acids is 1. The molecule has 1 aromatic carbocycles. The summed E-state index contributed by atoms with van der Waals surface area (Å²) in [6, 6.07) is 6.53. The lowest BCUT2D eigenvalue weighted by Gasteiger charge is -2.13. The Morgan fingerprint density at radius 1 is 1.45 bits per heavy atom. The average molecular weight is 273 g/mol. The lowest BCUT2D eigenvalue weighted by Crippen LogP contribution is -2.36. The molecule has 2 amide bonds. The molecule has 0 unspecified atom stereocenters. The van der Waals surface area contributed by atoms with Gasteiger partial charge in [-0.1, -0.05) is 6.07 Å². The van der Waals surface area contributed by atoms with Gasteiger partial charge in [-0.15, -0.1) is 0 Å². The number of hydrogen-bond acceptors (Lipinski definition) is 3. The van der Waals surface area contributed by atoms with Gasteiger partial charge >= 0.3 is 12.0 Å². The molecule has 0 atom stereocenters. The van der Waals surface area contributed by atoms with Gasteiger partial charge in [0.2, 0.25) is 0 Å². The van der Waals surface area contributed by atoms with E-state index < -0.39 is 17.4 Å². The third-order valence-electron chi connectivity index (χ3n) is 3.51. The van der Waals surface area contributed by atoms with Gasteiger partial charge in [-0.05, 0) is 37.5 Å². The summed E-state index contributed by atoms with van der Waals surface area (Å²) in [7, 11) is 0. The van der Waals surface area contributed by atoms with Crippen LogP contribution in [0.3, 0.4) is 0 Å². The van der Waals surface area contributed by atoms with Gasteiger partial charge in [0.15, 0.2) is 0 Å². The Kier molecular flexibility index (Phi) is 3.61. The molecule has 0 radical (unpaired) electrons. The number of carboxylic acid groups (broad SMARTS) is 1. The summed E-state index contributed by atoms with van der Waals surface area (Å²) in [5.74, 6) is -0.875. The van der Waals surface area contributed by atoms with E-state index in [1.807, 2.05) is 13.0 Å². The Morgan fingerprint density at radius 2 is 2.15 bits per heavy atom. The molecule has 6 heteroatoms. The van der Waals surface area contributed by atoms with Gasteiger partial charge in [-0.2, -0.15) is 5.26 Å². The number of aliphatic carboxylic acids is 1. The van der Waals surface area contributed by atoms with Crippen LogP contribution in [0.25, 0.3) is 0 Å². The molecule has 0 heterocycles. The van der Waals surface area contributed by atoms with Gasteiger partial charge in [0.25, 0.3) is 0 Å². The number of nitriles is 1. The first-order valence-corrected chi connectivity index (χ1v) is 6.26. The van der Waals surface area contributed by atoms with Crippen LogP contribution < -0.4 is 10.6 Å². The van der Waals surface area contributed by atoms with Crippen LogP contribution in [-0.2, 0) is 4.79 Å². The van der Waals surface area contributed by atoms with E-state index in [0.717, 1.165) is 5.56 Å². The highest BCUT2D eigenvalue weighted by atomic mass is 16.4. The van der Waals surface area contributed by atoms with Crippen LogP contribution in [0.15, 0.2) is 18.2 Å². The third kappa shape index (κ3) is 2.88. The fraction of sp³-hybridized carbons (Fsp3) is 0.357. The zero-order valence-corrected chi connectivity index (χ0v) is 11.1. The minimum absolute atomic E-state index is 0.116. The number of carbonyl (C=O) groups is 2. The quantitative estimate of drug-likeness (QED) is 0.779. The lowest BCUT2D eigenvalue weighted by atomic mass is 10.1. The summed E-state index contributed by atoms with van der Waals surface area (Å²) in [4.78, 5) is 22.7. The van der Waals surface area contributed by atoms with Crippen LogP contribution in [-0.4, -0.2) is 23.7 Å². The average Bonchev–Trinajstić information content (AvgIpc) is 3.20. The second-order valence-electron chi connectivity index (χ2n) is 5.03. The van der Waals surface area contributed by atoms with Crippen molar-refractivity contribution in [2.24, 2.45) is 5.41 Å². The van der Waals surface area contributed by atoms with Crippen LogP contribution >= 0.6 is 0 Å². The van der Waals surface area contributed by atoms with E-state index in [9.17, 15) is 9.59 Å². The van der Waals surface area contributed by atoms with E-state index in [2.05, 4.69) is 10.6 Å². The maximum absolute atomic E-state index is 11.8. The van der Waals surface area contributed by atoms with Crippen molar-refractivity contribution in [2.75, 3.05) is 11.9 Å². The van der Waals surface area contributed by atoms with Crippen LogP contribution in [0.5, 0.6) is 0 Å². The Labute approximate surface area is 116 Å². The fourth-order valence-electron chi connectivity index (χ4n) is 1.86. The first-order chi connectivity index (χ1) is 9.47. The fourth-order valence-corrected chi connectivity index (χ4v) is 1.86. The predicted molar refractivity (Wildman–Crippen MR) is 72.2 cm³/mol. The van der Waals surface area contributed by atoms with E-state index in [4.69, 9.17) is 10.4 Å². The lowest BCUT2D eigenvalue weighted by molar-refractivity contribution is -0.143. The van der Waals surface area contributed by atoms with Gasteiger partial charge in [0, 0.05) is 12.2 Å². The molecule has 1 aliphatic rings. The molecular weight excluding hydrogens is 258 g/mol. The molecule has 2 rings (SSSR count). The third-order valence-corrected chi connectivity index (χ3v) is 3.51. The maximum atomic E-state index is 11.8. The molecule has 0 spiro atoms. The molecule has 20 heavy (non-hydrogen) atoms. The number of urea groups is 1. The summed E-state index contributed by atoms with van der Waals surface area (Å²) >= 11 is 0. The summed E-state index contributed by atoms with van der Waals surface area (Å²) in [6.07, 6.45) is 1.18. The number of anilines is 1. The normalized spacial score (nSPS) is 15.0. The van der Waals surface area contributed by atoms with Crippen molar-refractivity contribution in [3.05, 3.63) is 29.3 Å². The van der Waals surface area contributed by atoms with Gasteiger partial charge in [-0.3, -0.25) is 4.79 Å². The van der Waals surface area contributed by atoms with E-state index in [1.165, 1.54) is 0 Å². The molecule has 0 bridgehead atoms. The van der Waals surface area contributed by atoms with Gasteiger partial charge < -0.3 is 15.7 Å². The summed E-state index contributed by atoms with van der Waals surface area (Å²) in [5.41, 5.74) is 1.04. The van der Waals surface area contributed by atoms with Crippen molar-refractivity contribution < 1.29 is 14.7 Å². The first kappa shape index (κ1) is 13.9. The number of hydrogen-bond donors (Lipinski definition) is 3. The summed E-state index contributed by atoms with van der Waals surface area (Å²) in [5, 5.41) is 23.0. The summed E-state index contributed by atoms with van der Waals surface area (Å²) in [6.45, 7) is 1.93. The minimum atomic E-state index is -0.875. The smallest absolute Gasteiger partial charge is 0.319 e. The van der Waals surface area contributed by atoms with Gasteiger partial charge in [0.05, 0.1) is 17.0 Å². The van der Waals surface area contributed by atoms with E-state index in [-0.39, 0.29) is 6.54 Å². The second kappa shape index (κ2) is 5.21. The van der Waals surface area contributed by atoms with Crippen molar-refractivity contribution in [3.8, 4) is 6.07 Å². The predicted octanol–water partition coefficient (Wildman–Crippen LogP) is 1.85. The van der Waals surface area contributed by atoms with Crippen molar-refractivity contribution in [1.82, 2.24) is 5.32 Å². The number of benzene rings is 1. The number of amides is 2. The molecule has 1 fully saturated rings. The highest BCUT2D eigenvalue weighted by molar-refractivity contribution is 5.91. The first-order valence-electron chi connectivity index (χ1n) is 6.26. The monoisotopic (exact) mass is 273 g/mol. The van der Waals surface area contributed by atoms with Gasteiger partial charge in [-0.25, -0.2) is 4.79 Å².